The van der Waals surface area contributed by atoms with E-state index in [-0.39, 0.29) is 28.6 Å². The van der Waals surface area contributed by atoms with Crippen LogP contribution in [0.25, 0.3) is 11.0 Å². The minimum Gasteiger partial charge on any atom is -0.492 e. The average Bonchev–Trinajstić information content (AvgIpc) is 3.17. The Bertz CT molecular complexity index is 1380. The average molecular weight is 519 g/mol. The fraction of sp³-hybridized carbons (Fsp3) is 0.120. The van der Waals surface area contributed by atoms with Crippen molar-refractivity contribution in [2.45, 2.75) is 6.92 Å². The van der Waals surface area contributed by atoms with Crippen LogP contribution >= 0.6 is 34.8 Å². The van der Waals surface area contributed by atoms with Gasteiger partial charge >= 0.3 is 0 Å². The first-order valence-electron chi connectivity index (χ1n) is 10.2. The van der Waals surface area contributed by atoms with Gasteiger partial charge in [0.05, 0.1) is 22.3 Å². The maximum atomic E-state index is 13.3. The lowest BCUT2D eigenvalue weighted by Gasteiger charge is -2.10. The van der Waals surface area contributed by atoms with Crippen LogP contribution in [0.3, 0.4) is 0 Å². The van der Waals surface area contributed by atoms with Crippen molar-refractivity contribution in [2.24, 2.45) is 0 Å². The lowest BCUT2D eigenvalue weighted by molar-refractivity contribution is -0.118. The zero-order valence-electron chi connectivity index (χ0n) is 17.9. The Morgan fingerprint density at radius 1 is 0.912 bits per heavy atom. The first-order chi connectivity index (χ1) is 16.4. The highest BCUT2D eigenvalue weighted by molar-refractivity contribution is 6.35. The van der Waals surface area contributed by atoms with Gasteiger partial charge in [0.15, 0.2) is 12.4 Å². The van der Waals surface area contributed by atoms with Gasteiger partial charge in [0, 0.05) is 16.0 Å². The first-order valence-corrected chi connectivity index (χ1v) is 11.4. The number of rotatable bonds is 8. The van der Waals surface area contributed by atoms with Gasteiger partial charge < -0.3 is 19.2 Å². The summed E-state index contributed by atoms with van der Waals surface area (Å²) in [7, 11) is 0. The van der Waals surface area contributed by atoms with E-state index < -0.39 is 11.7 Å². The van der Waals surface area contributed by atoms with Gasteiger partial charge in [-0.05, 0) is 55.5 Å². The summed E-state index contributed by atoms with van der Waals surface area (Å²) in [6, 6.07) is 16.4. The SMILES string of the molecule is CCOc1ccc(C(=O)c2oc3ccccc3c2NC(=O)COc2ccc(Cl)cc2Cl)cc1Cl. The highest BCUT2D eigenvalue weighted by atomic mass is 35.5. The van der Waals surface area contributed by atoms with Crippen LogP contribution in [0.15, 0.2) is 65.1 Å². The Balaban J connectivity index is 1.60. The predicted octanol–water partition coefficient (Wildman–Crippen LogP) is 7.04. The number of hydrogen-bond donors (Lipinski definition) is 1. The van der Waals surface area contributed by atoms with Gasteiger partial charge in [-0.3, -0.25) is 9.59 Å². The van der Waals surface area contributed by atoms with Gasteiger partial charge in [0.1, 0.15) is 17.1 Å². The van der Waals surface area contributed by atoms with Crippen molar-refractivity contribution >= 4 is 63.1 Å². The quantitative estimate of drug-likeness (QED) is 0.253. The smallest absolute Gasteiger partial charge is 0.262 e. The molecule has 0 aliphatic heterocycles. The number of nitrogens with one attached hydrogen (secondary N) is 1. The summed E-state index contributed by atoms with van der Waals surface area (Å²) in [4.78, 5) is 26.0. The Hall–Kier alpha value is -3.19. The fourth-order valence-corrected chi connectivity index (χ4v) is 3.98. The van der Waals surface area contributed by atoms with Crippen molar-refractivity contribution in [2.75, 3.05) is 18.5 Å². The number of ether oxygens (including phenoxy) is 2. The maximum absolute atomic E-state index is 13.3. The molecule has 3 aromatic carbocycles. The molecule has 1 amide bonds. The fourth-order valence-electron chi connectivity index (χ4n) is 3.29. The molecule has 0 saturated heterocycles. The lowest BCUT2D eigenvalue weighted by atomic mass is 10.1. The topological polar surface area (TPSA) is 77.8 Å². The van der Waals surface area contributed by atoms with Crippen LogP contribution in [-0.2, 0) is 4.79 Å². The third kappa shape index (κ3) is 5.14. The number of fused-ring (bicyclic) bond motifs is 1. The second kappa shape index (κ2) is 10.4. The molecule has 0 aliphatic carbocycles. The summed E-state index contributed by atoms with van der Waals surface area (Å²) in [5.41, 5.74) is 0.966. The molecule has 9 heteroatoms. The number of carbonyl (C=O) groups excluding carboxylic acids is 2. The van der Waals surface area contributed by atoms with Crippen molar-refractivity contribution in [1.82, 2.24) is 0 Å². The molecule has 0 fully saturated rings. The van der Waals surface area contributed by atoms with Crippen LogP contribution in [0.5, 0.6) is 11.5 Å². The molecular weight excluding hydrogens is 501 g/mol. The van der Waals surface area contributed by atoms with Crippen molar-refractivity contribution in [3.8, 4) is 11.5 Å². The van der Waals surface area contributed by atoms with E-state index in [0.717, 1.165) is 0 Å². The number of carbonyl (C=O) groups is 2. The van der Waals surface area contributed by atoms with Gasteiger partial charge in [0.25, 0.3) is 5.91 Å². The Morgan fingerprint density at radius 2 is 1.62 bits per heavy atom. The van der Waals surface area contributed by atoms with E-state index in [4.69, 9.17) is 48.7 Å². The molecule has 0 saturated carbocycles. The van der Waals surface area contributed by atoms with Crippen LogP contribution in [-0.4, -0.2) is 24.9 Å². The van der Waals surface area contributed by atoms with E-state index in [1.54, 1.807) is 48.5 Å². The monoisotopic (exact) mass is 517 g/mol. The van der Waals surface area contributed by atoms with Crippen LogP contribution in [0.4, 0.5) is 5.69 Å². The summed E-state index contributed by atoms with van der Waals surface area (Å²) in [5, 5.41) is 4.31. The van der Waals surface area contributed by atoms with Gasteiger partial charge in [-0.1, -0.05) is 46.9 Å². The van der Waals surface area contributed by atoms with Crippen LogP contribution in [0.1, 0.15) is 23.0 Å². The number of ketones is 1. The van der Waals surface area contributed by atoms with Crippen molar-refractivity contribution in [1.29, 1.82) is 0 Å². The normalized spacial score (nSPS) is 10.8. The molecule has 1 heterocycles. The molecule has 1 aromatic heterocycles. The molecule has 4 rings (SSSR count). The van der Waals surface area contributed by atoms with E-state index >= 15 is 0 Å². The first kappa shape index (κ1) is 24.0. The summed E-state index contributed by atoms with van der Waals surface area (Å²) < 4.78 is 16.7. The van der Waals surface area contributed by atoms with Gasteiger partial charge in [-0.2, -0.15) is 0 Å². The van der Waals surface area contributed by atoms with E-state index in [1.807, 2.05) is 6.92 Å². The molecule has 0 unspecified atom stereocenters. The summed E-state index contributed by atoms with van der Waals surface area (Å²) >= 11 is 18.2. The Labute approximate surface area is 210 Å². The maximum Gasteiger partial charge on any atom is 0.262 e. The standard InChI is InChI=1S/C25H18Cl3NO5/c1-2-32-20-9-7-14(11-17(20)27)24(31)25-23(16-5-3-4-6-19(16)34-25)29-22(30)13-33-21-10-8-15(26)12-18(21)28/h3-12H,2,13H2,1H3,(H,29,30). The largest absolute Gasteiger partial charge is 0.492 e. The number of benzene rings is 3. The lowest BCUT2D eigenvalue weighted by Crippen LogP contribution is -2.21. The van der Waals surface area contributed by atoms with Gasteiger partial charge in [-0.25, -0.2) is 0 Å². The second-order valence-corrected chi connectivity index (χ2v) is 8.37. The number of para-hydroxylation sites is 1. The van der Waals surface area contributed by atoms with Crippen LogP contribution < -0.4 is 14.8 Å². The molecule has 0 bridgehead atoms. The molecule has 34 heavy (non-hydrogen) atoms. The molecule has 0 spiro atoms. The van der Waals surface area contributed by atoms with E-state index in [0.29, 0.717) is 39.1 Å². The molecule has 6 nitrogen and oxygen atoms in total. The number of halogens is 3. The third-order valence-electron chi connectivity index (χ3n) is 4.81. The molecule has 1 N–H and O–H groups in total. The molecule has 0 atom stereocenters. The van der Waals surface area contributed by atoms with Crippen LogP contribution in [0, 0.1) is 0 Å². The minimum absolute atomic E-state index is 0.0284. The number of furan rings is 1. The summed E-state index contributed by atoms with van der Waals surface area (Å²) in [6.45, 7) is 1.93. The summed E-state index contributed by atoms with van der Waals surface area (Å²) in [6.07, 6.45) is 0. The molecule has 0 radical (unpaired) electrons. The number of amides is 1. The second-order valence-electron chi connectivity index (χ2n) is 7.12. The van der Waals surface area contributed by atoms with Crippen molar-refractivity contribution in [3.05, 3.63) is 87.1 Å². The van der Waals surface area contributed by atoms with E-state index in [2.05, 4.69) is 5.32 Å². The third-order valence-corrected chi connectivity index (χ3v) is 5.64. The molecular formula is C25H18Cl3NO5. The zero-order valence-corrected chi connectivity index (χ0v) is 20.1. The molecule has 0 aliphatic rings. The zero-order chi connectivity index (χ0) is 24.2. The number of hydrogen-bond acceptors (Lipinski definition) is 5. The Kier molecular flexibility index (Phi) is 7.32. The van der Waals surface area contributed by atoms with Crippen LogP contribution in [0.2, 0.25) is 15.1 Å². The predicted molar refractivity (Wildman–Crippen MR) is 133 cm³/mol. The van der Waals surface area contributed by atoms with E-state index in [9.17, 15) is 9.59 Å². The number of anilines is 1. The molecule has 4 aromatic rings. The Morgan fingerprint density at radius 3 is 2.35 bits per heavy atom. The van der Waals surface area contributed by atoms with Gasteiger partial charge in [-0.15, -0.1) is 0 Å². The minimum atomic E-state index is -0.503. The highest BCUT2D eigenvalue weighted by Gasteiger charge is 2.24. The van der Waals surface area contributed by atoms with E-state index in [1.165, 1.54) is 12.1 Å². The summed E-state index contributed by atoms with van der Waals surface area (Å²) in [5.74, 6) is -0.204. The molecule has 174 valence electrons. The highest BCUT2D eigenvalue weighted by Crippen LogP contribution is 2.34. The van der Waals surface area contributed by atoms with Gasteiger partial charge in [0.2, 0.25) is 5.78 Å². The van der Waals surface area contributed by atoms with Crippen molar-refractivity contribution in [3.63, 3.8) is 0 Å². The van der Waals surface area contributed by atoms with Crippen molar-refractivity contribution < 1.29 is 23.5 Å².